The highest BCUT2D eigenvalue weighted by Gasteiger charge is 2.20. The summed E-state index contributed by atoms with van der Waals surface area (Å²) < 4.78 is 22.9. The molecular formula is C14H16N2O2S2. The molecule has 0 aliphatic carbocycles. The third-order valence-electron chi connectivity index (χ3n) is 2.58. The summed E-state index contributed by atoms with van der Waals surface area (Å²) in [6.45, 7) is 0. The van der Waals surface area contributed by atoms with Gasteiger partial charge in [-0.25, -0.2) is 0 Å². The zero-order valence-electron chi connectivity index (χ0n) is 11.3. The molecule has 4 nitrogen and oxygen atoms in total. The second-order valence-corrected chi connectivity index (χ2v) is 7.73. The molecule has 106 valence electrons. The zero-order chi connectivity index (χ0) is 14.5. The first-order chi connectivity index (χ1) is 9.69. The Labute approximate surface area is 122 Å². The zero-order valence-corrected chi connectivity index (χ0v) is 12.9. The Morgan fingerprint density at radius 1 is 0.900 bits per heavy atom. The van der Waals surface area contributed by atoms with Crippen LogP contribution in [0.4, 0.5) is 11.4 Å². The van der Waals surface area contributed by atoms with Crippen LogP contribution in [-0.2, 0) is 18.7 Å². The van der Waals surface area contributed by atoms with E-state index in [0.717, 1.165) is 21.2 Å². The molecule has 1 aliphatic heterocycles. The van der Waals surface area contributed by atoms with Crippen molar-refractivity contribution in [3.63, 3.8) is 0 Å². The monoisotopic (exact) mass is 308 g/mol. The van der Waals surface area contributed by atoms with Crippen molar-refractivity contribution in [3.05, 3.63) is 48.5 Å². The number of hydrogen-bond donors (Lipinski definition) is 2. The third kappa shape index (κ3) is 2.92. The number of rotatable bonds is 0. The lowest BCUT2D eigenvalue weighted by molar-refractivity contribution is 0.628. The molecule has 2 N–H and O–H groups in total. The lowest BCUT2D eigenvalue weighted by atomic mass is 10.2. The van der Waals surface area contributed by atoms with Crippen LogP contribution in [-0.4, -0.2) is 22.5 Å². The highest BCUT2D eigenvalue weighted by molar-refractivity contribution is 8.34. The number of nitrogens with one attached hydrogen (secondary N) is 2. The van der Waals surface area contributed by atoms with Crippen LogP contribution < -0.4 is 10.6 Å². The molecule has 0 aromatic heterocycles. The number of fused-ring (bicyclic) bond motifs is 2. The van der Waals surface area contributed by atoms with Crippen molar-refractivity contribution in [1.82, 2.24) is 5.32 Å². The molecule has 2 aromatic carbocycles. The van der Waals surface area contributed by atoms with Crippen LogP contribution >= 0.6 is 0 Å². The van der Waals surface area contributed by atoms with Gasteiger partial charge in [-0.3, -0.25) is 0 Å². The predicted molar refractivity (Wildman–Crippen MR) is 84.0 cm³/mol. The minimum atomic E-state index is -2.14. The van der Waals surface area contributed by atoms with Crippen LogP contribution in [0.2, 0.25) is 0 Å². The Balaban J connectivity index is 0.000000452. The van der Waals surface area contributed by atoms with E-state index >= 15 is 0 Å². The van der Waals surface area contributed by atoms with Crippen molar-refractivity contribution in [2.75, 3.05) is 19.4 Å². The van der Waals surface area contributed by atoms with Gasteiger partial charge >= 0.3 is 0 Å². The van der Waals surface area contributed by atoms with Crippen molar-refractivity contribution in [3.8, 4) is 0 Å². The maximum atomic E-state index is 11.5. The molecule has 2 aromatic rings. The Morgan fingerprint density at radius 2 is 1.30 bits per heavy atom. The van der Waals surface area contributed by atoms with Crippen LogP contribution in [0.1, 0.15) is 0 Å². The van der Waals surface area contributed by atoms with E-state index < -0.39 is 18.7 Å². The normalized spacial score (nSPS) is 12.3. The number of anilines is 2. The van der Waals surface area contributed by atoms with E-state index in [0.29, 0.717) is 0 Å². The molecule has 0 spiro atoms. The molecule has 0 fully saturated rings. The van der Waals surface area contributed by atoms with Crippen LogP contribution in [0.5, 0.6) is 0 Å². The molecule has 0 atom stereocenters. The average molecular weight is 308 g/mol. The van der Waals surface area contributed by atoms with Gasteiger partial charge in [-0.05, 0) is 38.4 Å². The van der Waals surface area contributed by atoms with Crippen molar-refractivity contribution in [2.45, 2.75) is 9.79 Å². The fourth-order valence-corrected chi connectivity index (χ4v) is 5.20. The largest absolute Gasteiger partial charge is 0.354 e. The number of hydrogen-bond acceptors (Lipinski definition) is 4. The summed E-state index contributed by atoms with van der Waals surface area (Å²) in [6.07, 6.45) is 0. The molecule has 0 saturated carbocycles. The van der Waals surface area contributed by atoms with E-state index in [-0.39, 0.29) is 0 Å². The molecule has 1 aliphatic rings. The Hall–Kier alpha value is -1.63. The van der Waals surface area contributed by atoms with Gasteiger partial charge in [-0.15, -0.1) is 0 Å². The molecular weight excluding hydrogens is 292 g/mol. The van der Waals surface area contributed by atoms with Gasteiger partial charge in [-0.1, -0.05) is 24.3 Å². The quantitative estimate of drug-likeness (QED) is 0.669. The van der Waals surface area contributed by atoms with Crippen molar-refractivity contribution < 1.29 is 8.42 Å². The van der Waals surface area contributed by atoms with E-state index in [1.165, 1.54) is 0 Å². The van der Waals surface area contributed by atoms with Crippen LogP contribution in [0.3, 0.4) is 0 Å². The second-order valence-electron chi connectivity index (χ2n) is 4.09. The maximum absolute atomic E-state index is 11.5. The SMILES string of the molecule is CNC.O=S(=O)=S1c2ccccc2Nc2ccccc21. The van der Waals surface area contributed by atoms with E-state index in [4.69, 9.17) is 0 Å². The highest BCUT2D eigenvalue weighted by atomic mass is 32.9. The molecule has 3 rings (SSSR count). The first-order valence-electron chi connectivity index (χ1n) is 6.06. The summed E-state index contributed by atoms with van der Waals surface area (Å²) in [5.74, 6) is 0. The molecule has 6 heteroatoms. The smallest absolute Gasteiger partial charge is 0.249 e. The van der Waals surface area contributed by atoms with Gasteiger partial charge in [0.1, 0.15) is 0 Å². The minimum absolute atomic E-state index is 0.833. The average Bonchev–Trinajstić information content (AvgIpc) is 2.45. The van der Waals surface area contributed by atoms with Gasteiger partial charge in [0, 0.05) is 19.2 Å². The van der Waals surface area contributed by atoms with Gasteiger partial charge in [0.2, 0.25) is 9.26 Å². The molecule has 0 bridgehead atoms. The van der Waals surface area contributed by atoms with Gasteiger partial charge in [0.05, 0.1) is 11.4 Å². The first-order valence-corrected chi connectivity index (χ1v) is 8.88. The Bertz CT molecular complexity index is 700. The number of benzene rings is 2. The van der Waals surface area contributed by atoms with Crippen LogP contribution in [0, 0.1) is 0 Å². The molecule has 0 saturated heterocycles. The summed E-state index contributed by atoms with van der Waals surface area (Å²) in [7, 11) is 0.721. The minimum Gasteiger partial charge on any atom is -0.354 e. The Kier molecular flexibility index (Phi) is 4.94. The summed E-state index contributed by atoms with van der Waals surface area (Å²) >= 11 is 0. The summed E-state index contributed by atoms with van der Waals surface area (Å²) in [5.41, 5.74) is 1.75. The topological polar surface area (TPSA) is 58.2 Å². The van der Waals surface area contributed by atoms with Crippen molar-refractivity contribution in [1.29, 1.82) is 0 Å². The molecule has 20 heavy (non-hydrogen) atoms. The van der Waals surface area contributed by atoms with E-state index in [2.05, 4.69) is 10.6 Å². The highest BCUT2D eigenvalue weighted by Crippen LogP contribution is 2.36. The van der Waals surface area contributed by atoms with Crippen molar-refractivity contribution in [2.24, 2.45) is 0 Å². The van der Waals surface area contributed by atoms with Crippen LogP contribution in [0.15, 0.2) is 58.3 Å². The van der Waals surface area contributed by atoms with E-state index in [1.807, 2.05) is 62.6 Å². The van der Waals surface area contributed by atoms with Crippen molar-refractivity contribution >= 4 is 30.1 Å². The van der Waals surface area contributed by atoms with Gasteiger partial charge < -0.3 is 10.6 Å². The Morgan fingerprint density at radius 3 is 1.70 bits per heavy atom. The lowest BCUT2D eigenvalue weighted by Crippen LogP contribution is -2.08. The maximum Gasteiger partial charge on any atom is 0.249 e. The molecule has 0 unspecified atom stereocenters. The fraction of sp³-hybridized carbons (Fsp3) is 0.143. The lowest BCUT2D eigenvalue weighted by Gasteiger charge is -2.21. The molecule has 0 amide bonds. The second kappa shape index (κ2) is 6.69. The number of para-hydroxylation sites is 2. The standard InChI is InChI=1S/C12H9NO2S2.C2H7N/c14-17(15)16-11-7-3-1-5-9(11)13-10-6-2-4-8-12(10)16;1-3-2/h1-8,13H;3H,1-2H3. The van der Waals surface area contributed by atoms with Crippen LogP contribution in [0.25, 0.3) is 0 Å². The third-order valence-corrected chi connectivity index (χ3v) is 6.26. The fourth-order valence-electron chi connectivity index (χ4n) is 1.87. The molecule has 1 heterocycles. The van der Waals surface area contributed by atoms with E-state index in [9.17, 15) is 8.42 Å². The van der Waals surface area contributed by atoms with E-state index in [1.54, 1.807) is 0 Å². The summed E-state index contributed by atoms with van der Waals surface area (Å²) in [5, 5.41) is 6.01. The van der Waals surface area contributed by atoms with Gasteiger partial charge in [-0.2, -0.15) is 8.42 Å². The van der Waals surface area contributed by atoms with Gasteiger partial charge in [0.15, 0.2) is 0 Å². The summed E-state index contributed by atoms with van der Waals surface area (Å²) in [4.78, 5) is 1.67. The first kappa shape index (κ1) is 14.8. The summed E-state index contributed by atoms with van der Waals surface area (Å²) in [6, 6.07) is 15.0. The van der Waals surface area contributed by atoms with Gasteiger partial charge in [0.25, 0.3) is 0 Å². The predicted octanol–water partition coefficient (Wildman–Crippen LogP) is 2.41. The molecule has 0 radical (unpaired) electrons.